The normalized spacial score (nSPS) is 12.1. The average Bonchev–Trinajstić information content (AvgIpc) is 2.39. The number of rotatable bonds is 6. The second-order valence-electron chi connectivity index (χ2n) is 5.59. The number of hydrogen-bond donors (Lipinski definition) is 3. The Morgan fingerprint density at radius 1 is 1.36 bits per heavy atom. The van der Waals surface area contributed by atoms with Crippen molar-refractivity contribution in [2.75, 3.05) is 0 Å². The Labute approximate surface area is 138 Å². The van der Waals surface area contributed by atoms with Crippen LogP contribution in [0.25, 0.3) is 0 Å². The molecule has 1 aromatic carbocycles. The van der Waals surface area contributed by atoms with E-state index in [4.69, 9.17) is 11.5 Å². The fraction of sp³-hybridized carbons (Fsp3) is 0.375. The van der Waals surface area contributed by atoms with Gasteiger partial charge in [-0.3, -0.25) is 4.79 Å². The molecular weight excluding hydrogens is 348 g/mol. The zero-order valence-corrected chi connectivity index (χ0v) is 14.1. The van der Waals surface area contributed by atoms with Crippen molar-refractivity contribution in [3.63, 3.8) is 0 Å². The van der Waals surface area contributed by atoms with Gasteiger partial charge in [-0.05, 0) is 38.0 Å². The molecule has 5 nitrogen and oxygen atoms in total. The lowest BCUT2D eigenvalue weighted by Crippen LogP contribution is -2.53. The summed E-state index contributed by atoms with van der Waals surface area (Å²) >= 11 is 3.37. The molecule has 0 saturated heterocycles. The minimum absolute atomic E-state index is 0.00645. The third kappa shape index (κ3) is 6.19. The van der Waals surface area contributed by atoms with Gasteiger partial charge in [-0.1, -0.05) is 28.1 Å². The molecule has 0 heterocycles. The number of amides is 2. The Kier molecular flexibility index (Phi) is 6.44. The number of benzene rings is 1. The number of hydrogen-bond acceptors (Lipinski definition) is 2. The van der Waals surface area contributed by atoms with E-state index in [1.54, 1.807) is 0 Å². The number of halogens is 1. The summed E-state index contributed by atoms with van der Waals surface area (Å²) in [4.78, 5) is 22.9. The number of nitrogens with one attached hydrogen (secondary N) is 2. The van der Waals surface area contributed by atoms with Gasteiger partial charge in [-0.15, -0.1) is 12.3 Å². The molecule has 0 saturated carbocycles. The monoisotopic (exact) mass is 366 g/mol. The molecule has 0 fully saturated rings. The van der Waals surface area contributed by atoms with Crippen LogP contribution in [0.1, 0.15) is 25.8 Å². The first-order chi connectivity index (χ1) is 10.2. The van der Waals surface area contributed by atoms with E-state index in [9.17, 15) is 9.59 Å². The van der Waals surface area contributed by atoms with Gasteiger partial charge >= 0.3 is 6.09 Å². The number of carbonyl (C=O) groups is 2. The maximum absolute atomic E-state index is 12.2. The van der Waals surface area contributed by atoms with Crippen LogP contribution >= 0.6 is 15.9 Å². The van der Waals surface area contributed by atoms with E-state index >= 15 is 0 Å². The zero-order chi connectivity index (χ0) is 16.8. The maximum atomic E-state index is 12.2. The summed E-state index contributed by atoms with van der Waals surface area (Å²) in [5, 5.41) is 13.7. The molecule has 1 rings (SSSR count). The lowest BCUT2D eigenvalue weighted by atomic mass is 9.94. The van der Waals surface area contributed by atoms with E-state index < -0.39 is 23.6 Å². The highest BCUT2D eigenvalue weighted by Gasteiger charge is 2.26. The molecule has 0 aliphatic heterocycles. The summed E-state index contributed by atoms with van der Waals surface area (Å²) in [5.41, 5.74) is 0.533. The van der Waals surface area contributed by atoms with Crippen molar-refractivity contribution < 1.29 is 14.7 Å². The van der Waals surface area contributed by atoms with Crippen molar-refractivity contribution in [3.8, 4) is 12.3 Å². The van der Waals surface area contributed by atoms with Crippen LogP contribution in [-0.4, -0.2) is 28.7 Å². The predicted octanol–water partition coefficient (Wildman–Crippen LogP) is 2.55. The lowest BCUT2D eigenvalue weighted by Gasteiger charge is -2.28. The van der Waals surface area contributed by atoms with Crippen molar-refractivity contribution in [3.05, 3.63) is 34.3 Å². The van der Waals surface area contributed by atoms with E-state index in [1.807, 2.05) is 38.1 Å². The zero-order valence-electron chi connectivity index (χ0n) is 12.5. The van der Waals surface area contributed by atoms with Crippen molar-refractivity contribution in [1.29, 1.82) is 0 Å². The van der Waals surface area contributed by atoms with Crippen molar-refractivity contribution >= 4 is 27.9 Å². The quantitative estimate of drug-likeness (QED) is 0.677. The van der Waals surface area contributed by atoms with Crippen LogP contribution in [0.2, 0.25) is 0 Å². The third-order valence-corrected chi connectivity index (χ3v) is 3.49. The van der Waals surface area contributed by atoms with Crippen LogP contribution in [0.3, 0.4) is 0 Å². The van der Waals surface area contributed by atoms with E-state index in [2.05, 4.69) is 32.5 Å². The minimum atomic E-state index is -1.28. The average molecular weight is 367 g/mol. The molecule has 3 N–H and O–H groups in total. The van der Waals surface area contributed by atoms with Crippen LogP contribution in [0.4, 0.5) is 4.79 Å². The molecule has 1 unspecified atom stereocenters. The largest absolute Gasteiger partial charge is 0.465 e. The summed E-state index contributed by atoms with van der Waals surface area (Å²) < 4.78 is 0.984. The first kappa shape index (κ1) is 18.1. The molecule has 0 bridgehead atoms. The van der Waals surface area contributed by atoms with Gasteiger partial charge in [0.15, 0.2) is 0 Å². The first-order valence-electron chi connectivity index (χ1n) is 6.73. The highest BCUT2D eigenvalue weighted by atomic mass is 79.9. The third-order valence-electron chi connectivity index (χ3n) is 2.96. The van der Waals surface area contributed by atoms with E-state index in [0.29, 0.717) is 6.42 Å². The number of carbonyl (C=O) groups excluding carboxylic acids is 1. The second-order valence-corrected chi connectivity index (χ2v) is 6.50. The molecule has 0 spiro atoms. The molecule has 2 amide bonds. The number of terminal acetylenes is 1. The molecule has 0 radical (unpaired) electrons. The SMILES string of the molecule is C#CCC(NC(=O)O)C(=O)NC(C)(C)Cc1ccc(Br)cc1. The van der Waals surface area contributed by atoms with Gasteiger partial charge in [0, 0.05) is 16.4 Å². The predicted molar refractivity (Wildman–Crippen MR) is 88.5 cm³/mol. The van der Waals surface area contributed by atoms with Gasteiger partial charge in [-0.25, -0.2) is 4.79 Å². The standard InChI is InChI=1S/C16H19BrN2O3/c1-4-5-13(18-15(21)22)14(20)19-16(2,3)10-11-6-8-12(17)9-7-11/h1,6-9,13,18H,5,10H2,2-3H3,(H,19,20)(H,21,22). The Morgan fingerprint density at radius 3 is 2.45 bits per heavy atom. The van der Waals surface area contributed by atoms with Gasteiger partial charge in [0.05, 0.1) is 0 Å². The van der Waals surface area contributed by atoms with E-state index in [0.717, 1.165) is 10.0 Å². The molecule has 0 aliphatic rings. The molecule has 6 heteroatoms. The Hall–Kier alpha value is -2.00. The van der Waals surface area contributed by atoms with Crippen LogP contribution < -0.4 is 10.6 Å². The highest BCUT2D eigenvalue weighted by Crippen LogP contribution is 2.16. The summed E-state index contributed by atoms with van der Waals surface area (Å²) in [6.45, 7) is 3.75. The van der Waals surface area contributed by atoms with Crippen molar-refractivity contribution in [2.45, 2.75) is 38.3 Å². The fourth-order valence-corrected chi connectivity index (χ4v) is 2.32. The minimum Gasteiger partial charge on any atom is -0.465 e. The second kappa shape index (κ2) is 7.85. The smallest absolute Gasteiger partial charge is 0.405 e. The first-order valence-corrected chi connectivity index (χ1v) is 7.52. The molecular formula is C16H19BrN2O3. The van der Waals surface area contributed by atoms with Crippen LogP contribution in [-0.2, 0) is 11.2 Å². The summed E-state index contributed by atoms with van der Waals surface area (Å²) in [6, 6.07) is 6.84. The van der Waals surface area contributed by atoms with Crippen LogP contribution in [0.5, 0.6) is 0 Å². The van der Waals surface area contributed by atoms with Crippen LogP contribution in [0.15, 0.2) is 28.7 Å². The fourth-order valence-electron chi connectivity index (χ4n) is 2.05. The Bertz CT molecular complexity index is 576. The Balaban J connectivity index is 2.72. The molecule has 0 aromatic heterocycles. The Morgan fingerprint density at radius 2 is 1.95 bits per heavy atom. The summed E-state index contributed by atoms with van der Waals surface area (Å²) in [7, 11) is 0. The van der Waals surface area contributed by atoms with Gasteiger partial charge in [-0.2, -0.15) is 0 Å². The number of carboxylic acid groups (broad SMARTS) is 1. The molecule has 0 aliphatic carbocycles. The molecule has 1 atom stereocenters. The highest BCUT2D eigenvalue weighted by molar-refractivity contribution is 9.10. The summed E-state index contributed by atoms with van der Waals surface area (Å²) in [6.07, 6.45) is 4.52. The van der Waals surface area contributed by atoms with Gasteiger partial charge in [0.2, 0.25) is 5.91 Å². The summed E-state index contributed by atoms with van der Waals surface area (Å²) in [5.74, 6) is 1.88. The van der Waals surface area contributed by atoms with Crippen molar-refractivity contribution in [1.82, 2.24) is 10.6 Å². The van der Waals surface area contributed by atoms with Gasteiger partial charge in [0.1, 0.15) is 6.04 Å². The van der Waals surface area contributed by atoms with Gasteiger partial charge in [0.25, 0.3) is 0 Å². The van der Waals surface area contributed by atoms with Gasteiger partial charge < -0.3 is 15.7 Å². The van der Waals surface area contributed by atoms with Crippen LogP contribution in [0, 0.1) is 12.3 Å². The molecule has 22 heavy (non-hydrogen) atoms. The van der Waals surface area contributed by atoms with E-state index in [-0.39, 0.29) is 6.42 Å². The topological polar surface area (TPSA) is 78.4 Å². The molecule has 1 aromatic rings. The van der Waals surface area contributed by atoms with Crippen molar-refractivity contribution in [2.24, 2.45) is 0 Å². The van der Waals surface area contributed by atoms with E-state index in [1.165, 1.54) is 0 Å². The molecule has 118 valence electrons. The maximum Gasteiger partial charge on any atom is 0.405 e. The lowest BCUT2D eigenvalue weighted by molar-refractivity contribution is -0.124.